The van der Waals surface area contributed by atoms with Crippen LogP contribution in [0.2, 0.25) is 0 Å². The number of nitrogens with zero attached hydrogens (tertiary/aromatic N) is 4. The van der Waals surface area contributed by atoms with Crippen LogP contribution in [0.15, 0.2) is 35.1 Å². The van der Waals surface area contributed by atoms with Gasteiger partial charge in [0.05, 0.1) is 30.4 Å². The molecule has 4 heterocycles. The van der Waals surface area contributed by atoms with Crippen molar-refractivity contribution in [3.05, 3.63) is 57.0 Å². The van der Waals surface area contributed by atoms with Gasteiger partial charge in [-0.25, -0.2) is 9.97 Å². The average molecular weight is 534 g/mol. The van der Waals surface area contributed by atoms with Crippen LogP contribution in [-0.4, -0.2) is 71.5 Å². The number of aromatic nitrogens is 3. The number of ether oxygens (including phenoxy) is 1. The molecule has 0 spiro atoms. The van der Waals surface area contributed by atoms with Gasteiger partial charge in [0.15, 0.2) is 5.13 Å². The normalized spacial score (nSPS) is 19.3. The summed E-state index contributed by atoms with van der Waals surface area (Å²) >= 11 is 1.76. The molecule has 1 aliphatic carbocycles. The Morgan fingerprint density at radius 2 is 1.87 bits per heavy atom. The number of hydrogen-bond acceptors (Lipinski definition) is 9. The molecule has 38 heavy (non-hydrogen) atoms. The quantitative estimate of drug-likeness (QED) is 0.375. The molecule has 3 N–H and O–H groups in total. The van der Waals surface area contributed by atoms with Crippen LogP contribution in [0.3, 0.4) is 0 Å². The highest BCUT2D eigenvalue weighted by atomic mass is 32.1. The first-order chi connectivity index (χ1) is 18.7. The maximum atomic E-state index is 12.8. The summed E-state index contributed by atoms with van der Waals surface area (Å²) in [6.45, 7) is 5.82. The molecule has 0 bridgehead atoms. The predicted octanol–water partition coefficient (Wildman–Crippen LogP) is 4.07. The molecule has 10 heteroatoms. The summed E-state index contributed by atoms with van der Waals surface area (Å²) in [6.07, 6.45) is 6.93. The van der Waals surface area contributed by atoms with Crippen molar-refractivity contribution in [2.75, 3.05) is 49.6 Å². The number of aromatic amines is 1. The van der Waals surface area contributed by atoms with E-state index in [1.807, 2.05) is 6.07 Å². The fraction of sp³-hybridized carbons (Fsp3) is 0.500. The van der Waals surface area contributed by atoms with Crippen molar-refractivity contribution in [3.63, 3.8) is 0 Å². The van der Waals surface area contributed by atoms with Gasteiger partial charge in [-0.1, -0.05) is 60.9 Å². The Labute approximate surface area is 226 Å². The van der Waals surface area contributed by atoms with Crippen molar-refractivity contribution < 1.29 is 4.74 Å². The molecule has 1 saturated carbocycles. The highest BCUT2D eigenvalue weighted by Gasteiger charge is 2.34. The van der Waals surface area contributed by atoms with Gasteiger partial charge in [0.25, 0.3) is 5.56 Å². The SMILES string of the molecule is N=Cc1c(NC2CCCCC2)nc(C2CN(c3nc(-c4ccccc4)c(CN4CCOCC4)s3)C2)[nH]c1=O. The summed E-state index contributed by atoms with van der Waals surface area (Å²) in [5, 5.41) is 12.3. The molecule has 9 nitrogen and oxygen atoms in total. The van der Waals surface area contributed by atoms with E-state index in [1.165, 1.54) is 24.1 Å². The fourth-order valence-electron chi connectivity index (χ4n) is 5.55. The van der Waals surface area contributed by atoms with Crippen molar-refractivity contribution in [2.24, 2.45) is 0 Å². The van der Waals surface area contributed by atoms with Crippen LogP contribution in [0.4, 0.5) is 10.9 Å². The maximum absolute atomic E-state index is 12.8. The Bertz CT molecular complexity index is 1310. The maximum Gasteiger partial charge on any atom is 0.261 e. The minimum absolute atomic E-state index is 0.126. The van der Waals surface area contributed by atoms with Crippen molar-refractivity contribution in [2.45, 2.75) is 50.6 Å². The molecule has 2 aromatic heterocycles. The van der Waals surface area contributed by atoms with E-state index in [9.17, 15) is 4.79 Å². The molecule has 0 radical (unpaired) electrons. The first-order valence-corrected chi connectivity index (χ1v) is 14.5. The molecule has 200 valence electrons. The molecule has 1 aromatic carbocycles. The Morgan fingerprint density at radius 1 is 1.11 bits per heavy atom. The number of hydrogen-bond donors (Lipinski definition) is 3. The molecular weight excluding hydrogens is 498 g/mol. The topological polar surface area (TPSA) is 110 Å². The minimum Gasteiger partial charge on any atom is -0.379 e. The molecule has 0 unspecified atom stereocenters. The molecule has 0 amide bonds. The molecule has 2 saturated heterocycles. The highest BCUT2D eigenvalue weighted by molar-refractivity contribution is 7.16. The Balaban J connectivity index is 1.20. The number of H-pyrrole nitrogens is 1. The number of rotatable bonds is 8. The predicted molar refractivity (Wildman–Crippen MR) is 152 cm³/mol. The Hall–Kier alpha value is -3.08. The third-order valence-electron chi connectivity index (χ3n) is 7.81. The summed E-state index contributed by atoms with van der Waals surface area (Å²) in [6, 6.07) is 10.7. The number of thiazole rings is 1. The first kappa shape index (κ1) is 25.2. The highest BCUT2D eigenvalue weighted by Crippen LogP contribution is 2.38. The van der Waals surface area contributed by atoms with Gasteiger partial charge in [0.2, 0.25) is 0 Å². The lowest BCUT2D eigenvalue weighted by Crippen LogP contribution is -2.46. The van der Waals surface area contributed by atoms with E-state index in [0.717, 1.165) is 81.4 Å². The number of morpholine rings is 1. The fourth-order valence-corrected chi connectivity index (χ4v) is 6.69. The summed E-state index contributed by atoms with van der Waals surface area (Å²) in [7, 11) is 0. The lowest BCUT2D eigenvalue weighted by Gasteiger charge is -2.38. The monoisotopic (exact) mass is 533 g/mol. The zero-order valence-electron chi connectivity index (χ0n) is 21.6. The van der Waals surface area contributed by atoms with Gasteiger partial charge in [-0.3, -0.25) is 9.69 Å². The zero-order chi connectivity index (χ0) is 25.9. The Kier molecular flexibility index (Phi) is 7.53. The second kappa shape index (κ2) is 11.3. The van der Waals surface area contributed by atoms with Crippen molar-refractivity contribution in [1.82, 2.24) is 19.9 Å². The van der Waals surface area contributed by atoms with E-state index in [4.69, 9.17) is 20.1 Å². The average Bonchev–Trinajstić information content (AvgIpc) is 3.32. The van der Waals surface area contributed by atoms with Crippen LogP contribution in [0, 0.1) is 5.41 Å². The van der Waals surface area contributed by atoms with Gasteiger partial charge < -0.3 is 25.3 Å². The minimum atomic E-state index is -0.241. The van der Waals surface area contributed by atoms with Gasteiger partial charge >= 0.3 is 0 Å². The van der Waals surface area contributed by atoms with Crippen molar-refractivity contribution in [1.29, 1.82) is 5.41 Å². The third kappa shape index (κ3) is 5.39. The van der Waals surface area contributed by atoms with Gasteiger partial charge in [0, 0.05) is 55.4 Å². The van der Waals surface area contributed by atoms with Gasteiger partial charge in [-0.2, -0.15) is 0 Å². The van der Waals surface area contributed by atoms with E-state index in [1.54, 1.807) is 11.3 Å². The second-order valence-corrected chi connectivity index (χ2v) is 11.5. The van der Waals surface area contributed by atoms with E-state index in [-0.39, 0.29) is 11.5 Å². The zero-order valence-corrected chi connectivity index (χ0v) is 22.4. The van der Waals surface area contributed by atoms with Crippen LogP contribution in [0.1, 0.15) is 54.3 Å². The summed E-state index contributed by atoms with van der Waals surface area (Å²) in [5.41, 5.74) is 2.27. The van der Waals surface area contributed by atoms with Crippen molar-refractivity contribution in [3.8, 4) is 11.3 Å². The van der Waals surface area contributed by atoms with Gasteiger partial charge in [0.1, 0.15) is 11.6 Å². The number of nitrogens with one attached hydrogen (secondary N) is 3. The molecule has 3 aromatic rings. The largest absolute Gasteiger partial charge is 0.379 e. The third-order valence-corrected chi connectivity index (χ3v) is 8.91. The van der Waals surface area contributed by atoms with E-state index < -0.39 is 0 Å². The standard InChI is InChI=1S/C28H35N7O2S/c29-15-22-26(30-21-9-5-2-6-10-21)32-25(33-27(22)36)20-16-35(17-20)28-31-24(19-7-3-1-4-8-19)23(38-28)18-34-11-13-37-14-12-34/h1,3-4,7-8,15,20-21,29H,2,5-6,9-14,16-18H2,(H2,30,32,33,36). The van der Waals surface area contributed by atoms with E-state index >= 15 is 0 Å². The molecule has 0 atom stereocenters. The van der Waals surface area contributed by atoms with Crippen LogP contribution >= 0.6 is 11.3 Å². The summed E-state index contributed by atoms with van der Waals surface area (Å²) < 4.78 is 5.54. The summed E-state index contributed by atoms with van der Waals surface area (Å²) in [5.74, 6) is 1.38. The second-order valence-electron chi connectivity index (χ2n) is 10.5. The van der Waals surface area contributed by atoms with Gasteiger partial charge in [-0.05, 0) is 12.8 Å². The van der Waals surface area contributed by atoms with E-state index in [2.05, 4.69) is 44.4 Å². The molecule has 3 fully saturated rings. The first-order valence-electron chi connectivity index (χ1n) is 13.7. The van der Waals surface area contributed by atoms with Crippen LogP contribution in [-0.2, 0) is 11.3 Å². The summed E-state index contributed by atoms with van der Waals surface area (Å²) in [4.78, 5) is 31.7. The van der Waals surface area contributed by atoms with Crippen molar-refractivity contribution >= 4 is 28.5 Å². The van der Waals surface area contributed by atoms with Crippen LogP contribution in [0.25, 0.3) is 11.3 Å². The lowest BCUT2D eigenvalue weighted by molar-refractivity contribution is 0.0347. The molecule has 6 rings (SSSR count). The van der Waals surface area contributed by atoms with Gasteiger partial charge in [-0.15, -0.1) is 0 Å². The Morgan fingerprint density at radius 3 is 2.61 bits per heavy atom. The molecule has 3 aliphatic rings. The molecular formula is C28H35N7O2S. The molecule has 2 aliphatic heterocycles. The smallest absolute Gasteiger partial charge is 0.261 e. The van der Waals surface area contributed by atoms with Crippen LogP contribution < -0.4 is 15.8 Å². The van der Waals surface area contributed by atoms with Crippen LogP contribution in [0.5, 0.6) is 0 Å². The number of benzene rings is 1. The lowest BCUT2D eigenvalue weighted by atomic mass is 9.95. The van der Waals surface area contributed by atoms with E-state index in [0.29, 0.717) is 23.2 Å². The number of anilines is 2.